The van der Waals surface area contributed by atoms with Crippen molar-refractivity contribution < 1.29 is 13.2 Å². The number of nitrogens with zero attached hydrogens (tertiary/aromatic N) is 1. The Labute approximate surface area is 117 Å². The molecule has 1 aromatic heterocycles. The molecule has 1 aromatic carbocycles. The van der Waals surface area contributed by atoms with Crippen LogP contribution >= 0.6 is 15.9 Å². The molecule has 0 atom stereocenters. The van der Waals surface area contributed by atoms with Gasteiger partial charge in [0.15, 0.2) is 0 Å². The zero-order valence-corrected chi connectivity index (χ0v) is 12.0. The van der Waals surface area contributed by atoms with E-state index in [0.717, 1.165) is 21.1 Å². The van der Waals surface area contributed by atoms with Crippen LogP contribution in [-0.2, 0) is 6.54 Å². The molecule has 0 spiro atoms. The van der Waals surface area contributed by atoms with Crippen LogP contribution < -0.4 is 5.32 Å². The Bertz CT molecular complexity index is 575. The number of para-hydroxylation sites is 1. The Morgan fingerprint density at radius 3 is 2.63 bits per heavy atom. The highest BCUT2D eigenvalue weighted by atomic mass is 79.9. The summed E-state index contributed by atoms with van der Waals surface area (Å²) in [6.45, 7) is 1.79. The number of nitrogens with one attached hydrogen (secondary N) is 1. The van der Waals surface area contributed by atoms with Gasteiger partial charge in [0.2, 0.25) is 0 Å². The quantitative estimate of drug-likeness (QED) is 0.840. The summed E-state index contributed by atoms with van der Waals surface area (Å²) in [5.74, 6) is 0. The van der Waals surface area contributed by atoms with Gasteiger partial charge in [-0.15, -0.1) is 0 Å². The summed E-state index contributed by atoms with van der Waals surface area (Å²) in [5, 5.41) is 3.49. The minimum absolute atomic E-state index is 0.283. The lowest BCUT2D eigenvalue weighted by Crippen LogP contribution is -2.31. The van der Waals surface area contributed by atoms with E-state index in [1.807, 2.05) is 35.8 Å². The third-order valence-corrected chi connectivity index (χ3v) is 3.99. The molecule has 2 aromatic rings. The topological polar surface area (TPSA) is 17.0 Å². The third-order valence-electron chi connectivity index (χ3n) is 2.99. The minimum Gasteiger partial charge on any atom is -0.342 e. The molecule has 0 aliphatic rings. The van der Waals surface area contributed by atoms with Crippen molar-refractivity contribution in [2.45, 2.75) is 19.6 Å². The molecule has 0 saturated carbocycles. The smallest absolute Gasteiger partial charge is 0.342 e. The van der Waals surface area contributed by atoms with Crippen molar-refractivity contribution in [3.05, 3.63) is 34.4 Å². The monoisotopic (exact) mass is 334 g/mol. The highest BCUT2D eigenvalue weighted by Crippen LogP contribution is 2.30. The predicted molar refractivity (Wildman–Crippen MR) is 73.3 cm³/mol. The van der Waals surface area contributed by atoms with E-state index in [9.17, 15) is 13.2 Å². The number of rotatable bonds is 4. The Morgan fingerprint density at radius 1 is 1.26 bits per heavy atom. The first kappa shape index (κ1) is 14.4. The van der Waals surface area contributed by atoms with Gasteiger partial charge in [-0.2, -0.15) is 13.2 Å². The number of hydrogen-bond acceptors (Lipinski definition) is 1. The van der Waals surface area contributed by atoms with Gasteiger partial charge < -0.3 is 9.88 Å². The summed E-state index contributed by atoms with van der Waals surface area (Å²) in [4.78, 5) is 0. The summed E-state index contributed by atoms with van der Waals surface area (Å²) in [6, 6.07) is 7.83. The van der Waals surface area contributed by atoms with E-state index in [0.29, 0.717) is 6.54 Å². The standard InChI is InChI=1S/C13H14BrF3N2/c1-9-12(14)10-4-2-3-5-11(10)19(9)7-6-18-8-13(15,16)17/h2-5,18H,6-8H2,1H3. The maximum atomic E-state index is 12.0. The van der Waals surface area contributed by atoms with E-state index < -0.39 is 12.7 Å². The van der Waals surface area contributed by atoms with Crippen molar-refractivity contribution in [3.8, 4) is 0 Å². The van der Waals surface area contributed by atoms with Gasteiger partial charge in [-0.3, -0.25) is 0 Å². The first-order chi connectivity index (χ1) is 8.90. The van der Waals surface area contributed by atoms with E-state index in [1.54, 1.807) is 0 Å². The van der Waals surface area contributed by atoms with Crippen molar-refractivity contribution in [2.24, 2.45) is 0 Å². The van der Waals surface area contributed by atoms with Crippen LogP contribution in [0.5, 0.6) is 0 Å². The van der Waals surface area contributed by atoms with Crippen LogP contribution in [0.4, 0.5) is 13.2 Å². The van der Waals surface area contributed by atoms with Crippen molar-refractivity contribution in [3.63, 3.8) is 0 Å². The SMILES string of the molecule is Cc1c(Br)c2ccccc2n1CCNCC(F)(F)F. The fourth-order valence-electron chi connectivity index (χ4n) is 2.10. The molecule has 0 radical (unpaired) electrons. The van der Waals surface area contributed by atoms with Crippen LogP contribution in [-0.4, -0.2) is 23.8 Å². The number of halogens is 4. The summed E-state index contributed by atoms with van der Waals surface area (Å²) >= 11 is 3.52. The zero-order valence-electron chi connectivity index (χ0n) is 10.4. The molecule has 0 bridgehead atoms. The van der Waals surface area contributed by atoms with Crippen LogP contribution in [0.2, 0.25) is 0 Å². The highest BCUT2D eigenvalue weighted by molar-refractivity contribution is 9.10. The van der Waals surface area contributed by atoms with E-state index in [1.165, 1.54) is 0 Å². The Kier molecular flexibility index (Phi) is 4.20. The van der Waals surface area contributed by atoms with E-state index in [2.05, 4.69) is 21.2 Å². The van der Waals surface area contributed by atoms with E-state index in [-0.39, 0.29) is 6.54 Å². The van der Waals surface area contributed by atoms with Crippen molar-refractivity contribution in [1.29, 1.82) is 0 Å². The van der Waals surface area contributed by atoms with Crippen LogP contribution in [0.3, 0.4) is 0 Å². The second-order valence-corrected chi connectivity index (χ2v) is 5.15. The highest BCUT2D eigenvalue weighted by Gasteiger charge is 2.26. The molecular formula is C13H14BrF3N2. The van der Waals surface area contributed by atoms with Gasteiger partial charge in [-0.25, -0.2) is 0 Å². The summed E-state index contributed by atoms with van der Waals surface area (Å²) < 4.78 is 39.1. The fraction of sp³-hybridized carbons (Fsp3) is 0.385. The number of fused-ring (bicyclic) bond motifs is 1. The average molecular weight is 335 g/mol. The zero-order chi connectivity index (χ0) is 14.0. The second-order valence-electron chi connectivity index (χ2n) is 4.36. The van der Waals surface area contributed by atoms with Gasteiger partial charge in [0.05, 0.1) is 6.54 Å². The molecular weight excluding hydrogens is 321 g/mol. The van der Waals surface area contributed by atoms with Crippen LogP contribution in [0.25, 0.3) is 10.9 Å². The number of alkyl halides is 3. The molecule has 2 rings (SSSR count). The molecule has 2 nitrogen and oxygen atoms in total. The molecule has 0 amide bonds. The molecule has 0 fully saturated rings. The number of hydrogen-bond donors (Lipinski definition) is 1. The Balaban J connectivity index is 2.11. The first-order valence-corrected chi connectivity index (χ1v) is 6.70. The van der Waals surface area contributed by atoms with Gasteiger partial charge in [-0.05, 0) is 28.9 Å². The summed E-state index contributed by atoms with van der Waals surface area (Å²) in [7, 11) is 0. The van der Waals surface area contributed by atoms with Gasteiger partial charge >= 0.3 is 6.18 Å². The average Bonchev–Trinajstić information content (AvgIpc) is 2.58. The molecule has 0 aliphatic heterocycles. The van der Waals surface area contributed by atoms with Crippen LogP contribution in [0, 0.1) is 6.92 Å². The molecule has 104 valence electrons. The van der Waals surface area contributed by atoms with Crippen molar-refractivity contribution in [1.82, 2.24) is 9.88 Å². The van der Waals surface area contributed by atoms with Gasteiger partial charge in [0.1, 0.15) is 0 Å². The molecule has 0 saturated heterocycles. The Morgan fingerprint density at radius 2 is 1.95 bits per heavy atom. The third kappa shape index (κ3) is 3.30. The Hall–Kier alpha value is -1.01. The molecule has 1 heterocycles. The fourth-order valence-corrected chi connectivity index (χ4v) is 2.65. The van der Waals surface area contributed by atoms with Gasteiger partial charge in [-0.1, -0.05) is 18.2 Å². The van der Waals surface area contributed by atoms with Crippen LogP contribution in [0.15, 0.2) is 28.7 Å². The first-order valence-electron chi connectivity index (χ1n) is 5.91. The van der Waals surface area contributed by atoms with Crippen LogP contribution in [0.1, 0.15) is 5.69 Å². The summed E-state index contributed by atoms with van der Waals surface area (Å²) in [5.41, 5.74) is 2.05. The van der Waals surface area contributed by atoms with E-state index in [4.69, 9.17) is 0 Å². The largest absolute Gasteiger partial charge is 0.401 e. The molecule has 1 N–H and O–H groups in total. The number of benzene rings is 1. The molecule has 0 unspecified atom stereocenters. The van der Waals surface area contributed by atoms with Crippen molar-refractivity contribution >= 4 is 26.8 Å². The molecule has 19 heavy (non-hydrogen) atoms. The van der Waals surface area contributed by atoms with Gasteiger partial charge in [0, 0.05) is 34.2 Å². The van der Waals surface area contributed by atoms with Crippen molar-refractivity contribution in [2.75, 3.05) is 13.1 Å². The predicted octanol–water partition coefficient (Wildman–Crippen LogP) is 3.86. The molecule has 0 aliphatic carbocycles. The lowest BCUT2D eigenvalue weighted by molar-refractivity contribution is -0.124. The van der Waals surface area contributed by atoms with Gasteiger partial charge in [0.25, 0.3) is 0 Å². The summed E-state index contributed by atoms with van der Waals surface area (Å²) in [6.07, 6.45) is -4.16. The molecule has 6 heteroatoms. The lowest BCUT2D eigenvalue weighted by Gasteiger charge is -2.11. The lowest BCUT2D eigenvalue weighted by atomic mass is 10.2. The maximum Gasteiger partial charge on any atom is 0.401 e. The second kappa shape index (κ2) is 5.54. The number of aromatic nitrogens is 1. The van der Waals surface area contributed by atoms with E-state index >= 15 is 0 Å². The minimum atomic E-state index is -4.16. The normalized spacial score (nSPS) is 12.3. The maximum absolute atomic E-state index is 12.0.